The highest BCUT2D eigenvalue weighted by Crippen LogP contribution is 2.33. The van der Waals surface area contributed by atoms with Gasteiger partial charge >= 0.3 is 6.18 Å². The Labute approximate surface area is 101 Å². The van der Waals surface area contributed by atoms with Crippen LogP contribution in [0.4, 0.5) is 13.2 Å². The average molecular weight is 266 g/mol. The molecule has 0 amide bonds. The minimum Gasteiger partial charge on any atom is -0.394 e. The molecular formula is C11H13F3O2S. The van der Waals surface area contributed by atoms with Crippen LogP contribution in [0.25, 0.3) is 0 Å². The molecule has 1 aromatic rings. The second kappa shape index (κ2) is 6.28. The van der Waals surface area contributed by atoms with Gasteiger partial charge in [-0.1, -0.05) is 18.2 Å². The number of aliphatic hydroxyl groups is 2. The first kappa shape index (κ1) is 14.3. The van der Waals surface area contributed by atoms with Gasteiger partial charge in [-0.25, -0.2) is 0 Å². The Balaban J connectivity index is 2.65. The second-order valence-electron chi connectivity index (χ2n) is 3.51. The van der Waals surface area contributed by atoms with Crippen LogP contribution in [0, 0.1) is 0 Å². The van der Waals surface area contributed by atoms with Crippen molar-refractivity contribution in [3.63, 3.8) is 0 Å². The number of halogens is 3. The van der Waals surface area contributed by atoms with Crippen LogP contribution in [-0.4, -0.2) is 28.7 Å². The molecule has 1 aromatic carbocycles. The lowest BCUT2D eigenvalue weighted by atomic mass is 10.1. The van der Waals surface area contributed by atoms with Crippen molar-refractivity contribution in [3.05, 3.63) is 35.4 Å². The number of aliphatic hydroxyl groups excluding tert-OH is 2. The standard InChI is InChI=1S/C11H13F3O2S/c12-11(13,14)10-4-2-1-3-8(10)6-17-7-9(16)5-15/h1-4,9,15-16H,5-7H2. The maximum atomic E-state index is 12.6. The molecule has 0 aliphatic heterocycles. The van der Waals surface area contributed by atoms with Gasteiger partial charge in [0.25, 0.3) is 0 Å². The summed E-state index contributed by atoms with van der Waals surface area (Å²) in [4.78, 5) is 0. The first-order chi connectivity index (χ1) is 7.95. The van der Waals surface area contributed by atoms with Gasteiger partial charge in [0, 0.05) is 11.5 Å². The summed E-state index contributed by atoms with van der Waals surface area (Å²) in [5, 5.41) is 17.6. The molecule has 0 spiro atoms. The van der Waals surface area contributed by atoms with Crippen LogP contribution >= 0.6 is 11.8 Å². The molecule has 0 radical (unpaired) electrons. The Bertz CT molecular complexity index is 355. The minimum atomic E-state index is -4.35. The number of thioether (sulfide) groups is 1. The van der Waals surface area contributed by atoms with Gasteiger partial charge in [-0.15, -0.1) is 0 Å². The molecule has 0 aliphatic carbocycles. The van der Waals surface area contributed by atoms with Gasteiger partial charge in [-0.3, -0.25) is 0 Å². The molecule has 6 heteroatoms. The van der Waals surface area contributed by atoms with Crippen molar-refractivity contribution in [1.29, 1.82) is 0 Å². The molecule has 0 fully saturated rings. The predicted molar refractivity (Wildman–Crippen MR) is 60.7 cm³/mol. The Hall–Kier alpha value is -0.720. The second-order valence-corrected chi connectivity index (χ2v) is 4.54. The molecule has 96 valence electrons. The summed E-state index contributed by atoms with van der Waals surface area (Å²) >= 11 is 1.16. The summed E-state index contributed by atoms with van der Waals surface area (Å²) in [6.07, 6.45) is -5.25. The Morgan fingerprint density at radius 2 is 1.88 bits per heavy atom. The number of rotatable bonds is 5. The average Bonchev–Trinajstić information content (AvgIpc) is 2.28. The van der Waals surface area contributed by atoms with E-state index in [1.807, 2.05) is 0 Å². The van der Waals surface area contributed by atoms with Crippen molar-refractivity contribution in [2.24, 2.45) is 0 Å². The van der Waals surface area contributed by atoms with Crippen LogP contribution in [-0.2, 0) is 11.9 Å². The molecule has 2 N–H and O–H groups in total. The highest BCUT2D eigenvalue weighted by Gasteiger charge is 2.32. The number of hydrogen-bond acceptors (Lipinski definition) is 3. The molecule has 1 unspecified atom stereocenters. The quantitative estimate of drug-likeness (QED) is 0.859. The van der Waals surface area contributed by atoms with Crippen LogP contribution in [0.2, 0.25) is 0 Å². The van der Waals surface area contributed by atoms with E-state index in [1.54, 1.807) is 6.07 Å². The van der Waals surface area contributed by atoms with Crippen LogP contribution in [0.15, 0.2) is 24.3 Å². The fourth-order valence-electron chi connectivity index (χ4n) is 1.28. The molecule has 0 saturated carbocycles. The van der Waals surface area contributed by atoms with E-state index in [2.05, 4.69) is 0 Å². The van der Waals surface area contributed by atoms with Crippen LogP contribution in [0.1, 0.15) is 11.1 Å². The van der Waals surface area contributed by atoms with Gasteiger partial charge in [0.2, 0.25) is 0 Å². The third kappa shape index (κ3) is 4.57. The van der Waals surface area contributed by atoms with E-state index in [-0.39, 0.29) is 23.7 Å². The SMILES string of the molecule is OCC(O)CSCc1ccccc1C(F)(F)F. The van der Waals surface area contributed by atoms with Gasteiger partial charge in [0.05, 0.1) is 18.3 Å². The molecule has 0 heterocycles. The van der Waals surface area contributed by atoms with Crippen molar-refractivity contribution >= 4 is 11.8 Å². The summed E-state index contributed by atoms with van der Waals surface area (Å²) in [5.74, 6) is 0.370. The van der Waals surface area contributed by atoms with Gasteiger partial charge in [-0.2, -0.15) is 24.9 Å². The largest absolute Gasteiger partial charge is 0.416 e. The first-order valence-electron chi connectivity index (χ1n) is 4.97. The number of benzene rings is 1. The molecule has 1 atom stereocenters. The summed E-state index contributed by atoms with van der Waals surface area (Å²) in [7, 11) is 0. The summed E-state index contributed by atoms with van der Waals surface area (Å²) in [5.41, 5.74) is -0.457. The lowest BCUT2D eigenvalue weighted by molar-refractivity contribution is -0.138. The maximum absolute atomic E-state index is 12.6. The van der Waals surface area contributed by atoms with Crippen molar-refractivity contribution in [1.82, 2.24) is 0 Å². The van der Waals surface area contributed by atoms with Crippen molar-refractivity contribution in [2.45, 2.75) is 18.0 Å². The molecular weight excluding hydrogens is 253 g/mol. The van der Waals surface area contributed by atoms with Crippen molar-refractivity contribution in [3.8, 4) is 0 Å². The predicted octanol–water partition coefficient (Wildman–Crippen LogP) is 2.29. The smallest absolute Gasteiger partial charge is 0.394 e. The summed E-state index contributed by atoms with van der Waals surface area (Å²) < 4.78 is 37.8. The lowest BCUT2D eigenvalue weighted by Crippen LogP contribution is -2.15. The molecule has 1 rings (SSSR count). The fraction of sp³-hybridized carbons (Fsp3) is 0.455. The normalized spacial score (nSPS) is 13.7. The highest BCUT2D eigenvalue weighted by molar-refractivity contribution is 7.98. The van der Waals surface area contributed by atoms with Gasteiger partial charge < -0.3 is 10.2 Å². The van der Waals surface area contributed by atoms with Crippen LogP contribution in [0.5, 0.6) is 0 Å². The monoisotopic (exact) mass is 266 g/mol. The summed E-state index contributed by atoms with van der Waals surface area (Å²) in [6.45, 7) is -0.381. The Kier molecular flexibility index (Phi) is 5.30. The third-order valence-electron chi connectivity index (χ3n) is 2.10. The van der Waals surface area contributed by atoms with E-state index in [1.165, 1.54) is 12.1 Å². The van der Waals surface area contributed by atoms with Crippen molar-refractivity contribution < 1.29 is 23.4 Å². The zero-order chi connectivity index (χ0) is 12.9. The van der Waals surface area contributed by atoms with E-state index in [0.29, 0.717) is 0 Å². The van der Waals surface area contributed by atoms with Crippen molar-refractivity contribution in [2.75, 3.05) is 12.4 Å². The molecule has 2 nitrogen and oxygen atoms in total. The molecule has 0 aromatic heterocycles. The third-order valence-corrected chi connectivity index (χ3v) is 3.24. The molecule has 0 aliphatic rings. The highest BCUT2D eigenvalue weighted by atomic mass is 32.2. The molecule has 0 bridgehead atoms. The lowest BCUT2D eigenvalue weighted by Gasteiger charge is -2.13. The van der Waals surface area contributed by atoms with E-state index >= 15 is 0 Å². The fourth-order valence-corrected chi connectivity index (χ4v) is 2.25. The Morgan fingerprint density at radius 3 is 2.47 bits per heavy atom. The zero-order valence-corrected chi connectivity index (χ0v) is 9.76. The zero-order valence-electron chi connectivity index (χ0n) is 8.94. The number of hydrogen-bond donors (Lipinski definition) is 2. The van der Waals surface area contributed by atoms with Gasteiger partial charge in [-0.05, 0) is 11.6 Å². The van der Waals surface area contributed by atoms with Crippen LogP contribution in [0.3, 0.4) is 0 Å². The number of alkyl halides is 3. The van der Waals surface area contributed by atoms with Crippen LogP contribution < -0.4 is 0 Å². The van der Waals surface area contributed by atoms with Gasteiger partial charge in [0.1, 0.15) is 0 Å². The summed E-state index contributed by atoms with van der Waals surface area (Å²) in [6, 6.07) is 5.35. The van der Waals surface area contributed by atoms with E-state index < -0.39 is 17.8 Å². The maximum Gasteiger partial charge on any atom is 0.416 e. The molecule has 17 heavy (non-hydrogen) atoms. The van der Waals surface area contributed by atoms with E-state index in [4.69, 9.17) is 10.2 Å². The van der Waals surface area contributed by atoms with Gasteiger partial charge in [0.15, 0.2) is 0 Å². The Morgan fingerprint density at radius 1 is 1.24 bits per heavy atom. The first-order valence-corrected chi connectivity index (χ1v) is 6.12. The minimum absolute atomic E-state index is 0.159. The van der Waals surface area contributed by atoms with E-state index in [9.17, 15) is 13.2 Å². The van der Waals surface area contributed by atoms with E-state index in [0.717, 1.165) is 17.8 Å². The molecule has 0 saturated heterocycles. The topological polar surface area (TPSA) is 40.5 Å².